The second-order valence-corrected chi connectivity index (χ2v) is 5.34. The van der Waals surface area contributed by atoms with Gasteiger partial charge in [0.05, 0.1) is 6.61 Å². The van der Waals surface area contributed by atoms with E-state index in [1.165, 1.54) is 11.1 Å². The highest BCUT2D eigenvalue weighted by Crippen LogP contribution is 2.17. The molecule has 3 heteroatoms. The highest BCUT2D eigenvalue weighted by Gasteiger charge is 2.22. The third-order valence-electron chi connectivity index (χ3n) is 3.84. The molecule has 0 saturated carbocycles. The summed E-state index contributed by atoms with van der Waals surface area (Å²) >= 11 is 0. The molecule has 0 aromatic heterocycles. The first kappa shape index (κ1) is 13.5. The summed E-state index contributed by atoms with van der Waals surface area (Å²) in [6, 6.07) is 9.00. The van der Waals surface area contributed by atoms with Crippen LogP contribution in [0.5, 0.6) is 0 Å². The molecule has 100 valence electrons. The van der Waals surface area contributed by atoms with Gasteiger partial charge < -0.3 is 15.8 Å². The zero-order chi connectivity index (χ0) is 13.0. The molecule has 0 amide bonds. The van der Waals surface area contributed by atoms with Gasteiger partial charge in [-0.05, 0) is 31.7 Å². The highest BCUT2D eigenvalue weighted by molar-refractivity contribution is 5.24. The normalized spacial score (nSPS) is 22.9. The van der Waals surface area contributed by atoms with Gasteiger partial charge in [-0.3, -0.25) is 0 Å². The average molecular weight is 248 g/mol. The second kappa shape index (κ2) is 6.32. The molecule has 1 saturated heterocycles. The molecular formula is C15H24N2O. The minimum absolute atomic E-state index is 0.0652. The molecule has 18 heavy (non-hydrogen) atoms. The van der Waals surface area contributed by atoms with Gasteiger partial charge in [-0.15, -0.1) is 0 Å². The van der Waals surface area contributed by atoms with Gasteiger partial charge in [0.15, 0.2) is 0 Å². The SMILES string of the molecule is Cc1ccc(C(N)CNC(C)C2CCOC2)cc1. The van der Waals surface area contributed by atoms with Crippen molar-refractivity contribution < 1.29 is 4.74 Å². The van der Waals surface area contributed by atoms with Crippen molar-refractivity contribution in [1.29, 1.82) is 0 Å². The van der Waals surface area contributed by atoms with E-state index in [1.54, 1.807) is 0 Å². The summed E-state index contributed by atoms with van der Waals surface area (Å²) in [5.41, 5.74) is 8.67. The van der Waals surface area contributed by atoms with Crippen molar-refractivity contribution in [3.63, 3.8) is 0 Å². The van der Waals surface area contributed by atoms with Crippen LogP contribution in [0.2, 0.25) is 0 Å². The van der Waals surface area contributed by atoms with Crippen LogP contribution in [0.3, 0.4) is 0 Å². The van der Waals surface area contributed by atoms with Gasteiger partial charge in [-0.1, -0.05) is 29.8 Å². The van der Waals surface area contributed by atoms with E-state index < -0.39 is 0 Å². The Morgan fingerprint density at radius 2 is 2.11 bits per heavy atom. The number of nitrogens with two attached hydrogens (primary N) is 1. The van der Waals surface area contributed by atoms with Crippen LogP contribution < -0.4 is 11.1 Å². The van der Waals surface area contributed by atoms with Crippen molar-refractivity contribution in [3.8, 4) is 0 Å². The first-order chi connectivity index (χ1) is 8.66. The largest absolute Gasteiger partial charge is 0.381 e. The van der Waals surface area contributed by atoms with Gasteiger partial charge in [0.25, 0.3) is 0 Å². The van der Waals surface area contributed by atoms with Crippen LogP contribution in [0.4, 0.5) is 0 Å². The Morgan fingerprint density at radius 1 is 1.39 bits per heavy atom. The van der Waals surface area contributed by atoms with E-state index in [-0.39, 0.29) is 6.04 Å². The molecule has 3 atom stereocenters. The van der Waals surface area contributed by atoms with Crippen LogP contribution in [-0.4, -0.2) is 25.8 Å². The molecule has 0 spiro atoms. The predicted octanol–water partition coefficient (Wildman–Crippen LogP) is 2.01. The lowest BCUT2D eigenvalue weighted by molar-refractivity contribution is 0.178. The number of rotatable bonds is 5. The van der Waals surface area contributed by atoms with Crippen molar-refractivity contribution in [2.45, 2.75) is 32.4 Å². The summed E-state index contributed by atoms with van der Waals surface area (Å²) in [5, 5.41) is 3.53. The van der Waals surface area contributed by atoms with Gasteiger partial charge in [-0.2, -0.15) is 0 Å². The summed E-state index contributed by atoms with van der Waals surface area (Å²) in [7, 11) is 0. The molecule has 1 aliphatic heterocycles. The molecule has 3 N–H and O–H groups in total. The summed E-state index contributed by atoms with van der Waals surface area (Å²) in [6.45, 7) is 6.92. The average Bonchev–Trinajstić information content (AvgIpc) is 2.90. The molecule has 3 nitrogen and oxygen atoms in total. The standard InChI is InChI=1S/C15H24N2O/c1-11-3-5-13(6-4-11)15(16)9-17-12(2)14-7-8-18-10-14/h3-6,12,14-15,17H,7-10,16H2,1-2H3. The van der Waals surface area contributed by atoms with Crippen molar-refractivity contribution in [3.05, 3.63) is 35.4 Å². The summed E-state index contributed by atoms with van der Waals surface area (Å²) in [5.74, 6) is 0.634. The molecule has 1 fully saturated rings. The van der Waals surface area contributed by atoms with Crippen molar-refractivity contribution in [1.82, 2.24) is 5.32 Å². The Kier molecular flexibility index (Phi) is 4.75. The van der Waals surface area contributed by atoms with E-state index in [0.717, 1.165) is 26.2 Å². The van der Waals surface area contributed by atoms with Crippen LogP contribution in [0, 0.1) is 12.8 Å². The number of hydrogen-bond donors (Lipinski definition) is 2. The quantitative estimate of drug-likeness (QED) is 0.838. The predicted molar refractivity (Wildman–Crippen MR) is 74.5 cm³/mol. The van der Waals surface area contributed by atoms with Crippen molar-refractivity contribution >= 4 is 0 Å². The van der Waals surface area contributed by atoms with Crippen LogP contribution in [-0.2, 0) is 4.74 Å². The van der Waals surface area contributed by atoms with Crippen LogP contribution >= 0.6 is 0 Å². The van der Waals surface area contributed by atoms with Crippen LogP contribution in [0.15, 0.2) is 24.3 Å². The molecule has 1 aromatic rings. The van der Waals surface area contributed by atoms with Crippen molar-refractivity contribution in [2.75, 3.05) is 19.8 Å². The van der Waals surface area contributed by atoms with Gasteiger partial charge >= 0.3 is 0 Å². The van der Waals surface area contributed by atoms with Crippen molar-refractivity contribution in [2.24, 2.45) is 11.7 Å². The zero-order valence-electron chi connectivity index (χ0n) is 11.4. The van der Waals surface area contributed by atoms with Gasteiger partial charge in [0.1, 0.15) is 0 Å². The number of aryl methyl sites for hydroxylation is 1. The summed E-state index contributed by atoms with van der Waals surface area (Å²) in [4.78, 5) is 0. The zero-order valence-corrected chi connectivity index (χ0v) is 11.4. The lowest BCUT2D eigenvalue weighted by Gasteiger charge is -2.22. The van der Waals surface area contributed by atoms with E-state index in [1.807, 2.05) is 0 Å². The number of hydrogen-bond acceptors (Lipinski definition) is 3. The Labute approximate surface area is 110 Å². The number of ether oxygens (including phenoxy) is 1. The van der Waals surface area contributed by atoms with E-state index >= 15 is 0 Å². The van der Waals surface area contributed by atoms with E-state index in [4.69, 9.17) is 10.5 Å². The minimum Gasteiger partial charge on any atom is -0.381 e. The number of nitrogens with one attached hydrogen (secondary N) is 1. The first-order valence-electron chi connectivity index (χ1n) is 6.80. The number of benzene rings is 1. The molecule has 3 unspecified atom stereocenters. The Balaban J connectivity index is 1.80. The molecule has 1 aliphatic rings. The molecule has 0 aliphatic carbocycles. The second-order valence-electron chi connectivity index (χ2n) is 5.34. The fraction of sp³-hybridized carbons (Fsp3) is 0.600. The topological polar surface area (TPSA) is 47.3 Å². The van der Waals surface area contributed by atoms with E-state index in [0.29, 0.717) is 12.0 Å². The van der Waals surface area contributed by atoms with Crippen LogP contribution in [0.25, 0.3) is 0 Å². The summed E-state index contributed by atoms with van der Waals surface area (Å²) in [6.07, 6.45) is 1.16. The lowest BCUT2D eigenvalue weighted by atomic mass is 10.00. The Morgan fingerprint density at radius 3 is 2.72 bits per heavy atom. The molecule has 2 rings (SSSR count). The molecule has 1 aromatic carbocycles. The van der Waals surface area contributed by atoms with Crippen LogP contribution in [0.1, 0.15) is 30.5 Å². The first-order valence-corrected chi connectivity index (χ1v) is 6.80. The van der Waals surface area contributed by atoms with E-state index in [9.17, 15) is 0 Å². The maximum Gasteiger partial charge on any atom is 0.0509 e. The maximum absolute atomic E-state index is 6.20. The van der Waals surface area contributed by atoms with Gasteiger partial charge in [-0.25, -0.2) is 0 Å². The Hall–Kier alpha value is -0.900. The smallest absolute Gasteiger partial charge is 0.0509 e. The molecule has 0 radical (unpaired) electrons. The fourth-order valence-electron chi connectivity index (χ4n) is 2.36. The lowest BCUT2D eigenvalue weighted by Crippen LogP contribution is -2.38. The van der Waals surface area contributed by atoms with Gasteiger partial charge in [0.2, 0.25) is 0 Å². The molecule has 0 bridgehead atoms. The third-order valence-corrected chi connectivity index (χ3v) is 3.84. The Bertz CT molecular complexity index is 357. The fourth-order valence-corrected chi connectivity index (χ4v) is 2.36. The maximum atomic E-state index is 6.20. The summed E-state index contributed by atoms with van der Waals surface area (Å²) < 4.78 is 5.41. The monoisotopic (exact) mass is 248 g/mol. The van der Waals surface area contributed by atoms with E-state index in [2.05, 4.69) is 43.4 Å². The third kappa shape index (κ3) is 3.55. The minimum atomic E-state index is 0.0652. The molecular weight excluding hydrogens is 224 g/mol. The highest BCUT2D eigenvalue weighted by atomic mass is 16.5. The molecule has 1 heterocycles. The van der Waals surface area contributed by atoms with Gasteiger partial charge in [0, 0.05) is 25.2 Å².